The summed E-state index contributed by atoms with van der Waals surface area (Å²) in [6.07, 6.45) is 0.0969. The molecule has 1 saturated heterocycles. The summed E-state index contributed by atoms with van der Waals surface area (Å²) in [7, 11) is 3.35. The average molecular weight is 577 g/mol. The standard InChI is InChI=1S/C27H34F3N6O3Si/c1-3-20-17(2)23(24(31)37)26(34-25(20)32-18-6-12-38-13-7-18)33-19-4-5-21(22(14-19)39-16-40)36-10-8-35(9-11-36)15-27(28,29)30/h4-5,10,14,18H,3,6-9,11-13,15-16H2,1-2H3,(H3-,31,32,33,34,37)/p+1. The predicted octanol–water partition coefficient (Wildman–Crippen LogP) is 3.48. The summed E-state index contributed by atoms with van der Waals surface area (Å²) < 4.78 is 51.6. The van der Waals surface area contributed by atoms with Crippen molar-refractivity contribution in [2.45, 2.75) is 45.3 Å². The molecule has 1 fully saturated rings. The lowest BCUT2D eigenvalue weighted by Crippen LogP contribution is -2.43. The van der Waals surface area contributed by atoms with Crippen LogP contribution in [-0.4, -0.2) is 94.7 Å². The first-order valence-corrected chi connectivity index (χ1v) is 14.1. The number of halogens is 3. The van der Waals surface area contributed by atoms with E-state index < -0.39 is 18.6 Å². The van der Waals surface area contributed by atoms with Gasteiger partial charge in [0.25, 0.3) is 5.91 Å². The zero-order valence-electron chi connectivity index (χ0n) is 22.7. The minimum atomic E-state index is -4.24. The molecule has 4 N–H and O–H groups in total. The van der Waals surface area contributed by atoms with Crippen LogP contribution in [0, 0.1) is 6.92 Å². The quantitative estimate of drug-likeness (QED) is 0.294. The number of anilines is 3. The molecule has 2 aromatic rings. The van der Waals surface area contributed by atoms with Crippen molar-refractivity contribution in [3.63, 3.8) is 0 Å². The molecule has 2 aliphatic rings. The van der Waals surface area contributed by atoms with E-state index in [2.05, 4.69) is 20.9 Å². The van der Waals surface area contributed by atoms with Crippen molar-refractivity contribution in [3.8, 4) is 5.75 Å². The maximum atomic E-state index is 12.8. The Morgan fingerprint density at radius 3 is 2.65 bits per heavy atom. The third-order valence-corrected chi connectivity index (χ3v) is 7.26. The van der Waals surface area contributed by atoms with Crippen LogP contribution in [-0.2, 0) is 11.2 Å². The molecule has 1 amide bonds. The maximum absolute atomic E-state index is 12.8. The summed E-state index contributed by atoms with van der Waals surface area (Å²) in [5, 5.41) is 6.79. The van der Waals surface area contributed by atoms with E-state index >= 15 is 0 Å². The molecular weight excluding hydrogens is 541 g/mol. The fourth-order valence-corrected chi connectivity index (χ4v) is 5.30. The van der Waals surface area contributed by atoms with Gasteiger partial charge in [0.05, 0.1) is 41.7 Å². The number of ether oxygens (including phenoxy) is 2. The summed E-state index contributed by atoms with van der Waals surface area (Å²) in [5.41, 5.74) is 9.15. The van der Waals surface area contributed by atoms with E-state index in [1.165, 1.54) is 4.90 Å². The lowest BCUT2D eigenvalue weighted by atomic mass is 10.00. The van der Waals surface area contributed by atoms with Crippen molar-refractivity contribution in [3.05, 3.63) is 34.9 Å². The molecule has 0 unspecified atom stereocenters. The van der Waals surface area contributed by atoms with Gasteiger partial charge >= 0.3 is 6.18 Å². The first-order valence-electron chi connectivity index (χ1n) is 13.3. The second-order valence-electron chi connectivity index (χ2n) is 9.86. The van der Waals surface area contributed by atoms with E-state index in [1.807, 2.05) is 30.6 Å². The Hall–Kier alpha value is -3.16. The number of pyridine rings is 1. The zero-order chi connectivity index (χ0) is 28.9. The molecule has 0 spiro atoms. The van der Waals surface area contributed by atoms with Gasteiger partial charge in [-0.05, 0) is 43.4 Å². The molecule has 1 aromatic heterocycles. The number of nitrogens with two attached hydrogens (primary N) is 1. The SMILES string of the molecule is CCc1c(NC2CCOCC2)nc(Nc2ccc([N+]3=CCN(CC(F)(F)F)CC3)c(OC[Si])c2)c(C(N)=O)c1C. The highest BCUT2D eigenvalue weighted by molar-refractivity contribution is 6.08. The van der Waals surface area contributed by atoms with E-state index in [0.717, 1.165) is 29.7 Å². The van der Waals surface area contributed by atoms with E-state index in [0.29, 0.717) is 54.8 Å². The molecule has 3 radical (unpaired) electrons. The van der Waals surface area contributed by atoms with Crippen LogP contribution in [0.3, 0.4) is 0 Å². The Morgan fingerprint density at radius 1 is 1.30 bits per heavy atom. The second kappa shape index (κ2) is 13.0. The van der Waals surface area contributed by atoms with Crippen molar-refractivity contribution >= 4 is 45.4 Å². The molecular formula is C27H35F3N6O3Si+. The Morgan fingerprint density at radius 2 is 2.05 bits per heavy atom. The molecule has 9 nitrogen and oxygen atoms in total. The number of aromatic nitrogens is 1. The molecule has 40 heavy (non-hydrogen) atoms. The number of amides is 1. The summed E-state index contributed by atoms with van der Waals surface area (Å²) in [4.78, 5) is 18.7. The molecule has 2 aliphatic heterocycles. The fourth-order valence-electron chi connectivity index (χ4n) is 5.14. The smallest absolute Gasteiger partial charge is 0.401 e. The van der Waals surface area contributed by atoms with E-state index in [1.54, 1.807) is 12.3 Å². The van der Waals surface area contributed by atoms with Gasteiger partial charge in [-0.25, -0.2) is 4.98 Å². The summed E-state index contributed by atoms with van der Waals surface area (Å²) >= 11 is 0. The number of primary amides is 1. The van der Waals surface area contributed by atoms with Gasteiger partial charge in [0.2, 0.25) is 5.69 Å². The van der Waals surface area contributed by atoms with Gasteiger partial charge in [0, 0.05) is 37.1 Å². The molecule has 1 aromatic carbocycles. The summed E-state index contributed by atoms with van der Waals surface area (Å²) in [5.74, 6) is 0.975. The van der Waals surface area contributed by atoms with Crippen LogP contribution >= 0.6 is 0 Å². The van der Waals surface area contributed by atoms with Crippen molar-refractivity contribution in [2.75, 3.05) is 56.3 Å². The van der Waals surface area contributed by atoms with Gasteiger partial charge in [-0.15, -0.1) is 0 Å². The highest BCUT2D eigenvalue weighted by atomic mass is 28.1. The van der Waals surface area contributed by atoms with Gasteiger partial charge in [-0.3, -0.25) is 9.69 Å². The topological polar surface area (TPSA) is 105 Å². The van der Waals surface area contributed by atoms with Crippen LogP contribution in [0.5, 0.6) is 5.75 Å². The monoisotopic (exact) mass is 576 g/mol. The molecule has 0 saturated carbocycles. The van der Waals surface area contributed by atoms with Crippen molar-refractivity contribution < 1.29 is 32.0 Å². The third-order valence-electron chi connectivity index (χ3n) is 7.12. The van der Waals surface area contributed by atoms with Gasteiger partial charge in [-0.2, -0.15) is 17.7 Å². The van der Waals surface area contributed by atoms with Crippen LogP contribution in [0.25, 0.3) is 0 Å². The zero-order valence-corrected chi connectivity index (χ0v) is 23.7. The van der Waals surface area contributed by atoms with Crippen molar-refractivity contribution in [1.29, 1.82) is 0 Å². The Bertz CT molecular complexity index is 1250. The van der Waals surface area contributed by atoms with E-state index in [-0.39, 0.29) is 25.4 Å². The number of hydrogen-bond acceptors (Lipinski definition) is 7. The van der Waals surface area contributed by atoms with Crippen LogP contribution in [0.1, 0.15) is 41.3 Å². The first kappa shape index (κ1) is 29.8. The maximum Gasteiger partial charge on any atom is 0.401 e. The van der Waals surface area contributed by atoms with Gasteiger partial charge < -0.3 is 25.8 Å². The normalized spacial score (nSPS) is 16.9. The Balaban J connectivity index is 1.63. The van der Waals surface area contributed by atoms with E-state index in [4.69, 9.17) is 20.2 Å². The van der Waals surface area contributed by atoms with Gasteiger partial charge in [0.1, 0.15) is 11.6 Å². The second-order valence-corrected chi connectivity index (χ2v) is 10.1. The van der Waals surface area contributed by atoms with Crippen LogP contribution in [0.4, 0.5) is 36.2 Å². The molecule has 215 valence electrons. The number of nitrogens with one attached hydrogen (secondary N) is 2. The minimum absolute atomic E-state index is 0.171. The summed E-state index contributed by atoms with van der Waals surface area (Å²) in [6, 6.07) is 5.62. The molecule has 0 bridgehead atoms. The number of hydrogen-bond donors (Lipinski definition) is 3. The number of benzene rings is 1. The lowest BCUT2D eigenvalue weighted by molar-refractivity contribution is -0.444. The largest absolute Gasteiger partial charge is 0.492 e. The molecule has 0 aliphatic carbocycles. The number of rotatable bonds is 10. The van der Waals surface area contributed by atoms with Crippen LogP contribution in [0.15, 0.2) is 18.2 Å². The van der Waals surface area contributed by atoms with Crippen molar-refractivity contribution in [1.82, 2.24) is 9.88 Å². The molecule has 13 heteroatoms. The molecule has 0 atom stereocenters. The number of nitrogens with zero attached hydrogens (tertiary/aromatic N) is 3. The predicted molar refractivity (Wildman–Crippen MR) is 149 cm³/mol. The first-order chi connectivity index (χ1) is 19.1. The number of alkyl halides is 3. The number of carbonyl (C=O) groups is 1. The average Bonchev–Trinajstić information content (AvgIpc) is 2.89. The summed E-state index contributed by atoms with van der Waals surface area (Å²) in [6.45, 7) is 5.12. The fraction of sp³-hybridized carbons (Fsp3) is 0.519. The highest BCUT2D eigenvalue weighted by Crippen LogP contribution is 2.35. The molecule has 4 rings (SSSR count). The highest BCUT2D eigenvalue weighted by Gasteiger charge is 2.33. The van der Waals surface area contributed by atoms with Gasteiger partial charge in [0.15, 0.2) is 18.5 Å². The lowest BCUT2D eigenvalue weighted by Gasteiger charge is -2.26. The van der Waals surface area contributed by atoms with Crippen LogP contribution in [0.2, 0.25) is 0 Å². The Kier molecular flexibility index (Phi) is 9.69. The van der Waals surface area contributed by atoms with E-state index in [9.17, 15) is 18.0 Å². The minimum Gasteiger partial charge on any atom is -0.492 e. The van der Waals surface area contributed by atoms with Gasteiger partial charge in [-0.1, -0.05) is 6.92 Å². The number of carbonyl (C=O) groups excluding carboxylic acids is 1. The molecule has 3 heterocycles. The Labute approximate surface area is 235 Å². The van der Waals surface area contributed by atoms with Crippen LogP contribution < -0.4 is 21.1 Å². The third kappa shape index (κ3) is 7.32. The van der Waals surface area contributed by atoms with Crippen molar-refractivity contribution in [2.24, 2.45) is 5.73 Å².